The number of ether oxygens (including phenoxy) is 4. The number of benzene rings is 2. The van der Waals surface area contributed by atoms with Crippen LogP contribution >= 0.6 is 11.3 Å². The smallest absolute Gasteiger partial charge is 0.257 e. The van der Waals surface area contributed by atoms with E-state index in [4.69, 9.17) is 18.9 Å². The quantitative estimate of drug-likeness (QED) is 0.681. The molecule has 1 aliphatic heterocycles. The molecule has 0 bridgehead atoms. The molecule has 2 aromatic carbocycles. The highest BCUT2D eigenvalue weighted by atomic mass is 32.1. The summed E-state index contributed by atoms with van der Waals surface area (Å²) in [7, 11) is 3.20. The molecule has 1 saturated heterocycles. The van der Waals surface area contributed by atoms with Crippen LogP contribution in [0.4, 0.5) is 5.13 Å². The Kier molecular flexibility index (Phi) is 5.66. The molecule has 0 radical (unpaired) electrons. The van der Waals surface area contributed by atoms with Gasteiger partial charge >= 0.3 is 0 Å². The van der Waals surface area contributed by atoms with E-state index < -0.39 is 0 Å². The second-order valence-corrected chi connectivity index (χ2v) is 7.62. The molecule has 1 aliphatic rings. The number of nitrogens with one attached hydrogen (secondary N) is 1. The van der Waals surface area contributed by atoms with Gasteiger partial charge in [-0.05, 0) is 36.8 Å². The van der Waals surface area contributed by atoms with Crippen molar-refractivity contribution in [3.63, 3.8) is 0 Å². The number of nitrogens with zero attached hydrogens (tertiary/aromatic N) is 1. The number of thiazole rings is 1. The molecule has 4 rings (SSSR count). The molecule has 7 nitrogen and oxygen atoms in total. The third kappa shape index (κ3) is 3.91. The van der Waals surface area contributed by atoms with Gasteiger partial charge in [0.15, 0.2) is 5.13 Å². The topological polar surface area (TPSA) is 78.9 Å². The van der Waals surface area contributed by atoms with Crippen molar-refractivity contribution in [2.75, 3.05) is 39.4 Å². The van der Waals surface area contributed by atoms with Crippen molar-refractivity contribution in [1.29, 1.82) is 0 Å². The minimum atomic E-state index is -0.220. The molecule has 29 heavy (non-hydrogen) atoms. The number of hydrogen-bond acceptors (Lipinski definition) is 7. The third-order valence-corrected chi connectivity index (χ3v) is 5.84. The maximum absolute atomic E-state index is 12.8. The summed E-state index contributed by atoms with van der Waals surface area (Å²) in [6, 6.07) is 9.18. The molecule has 0 spiro atoms. The Bertz CT molecular complexity index is 1040. The van der Waals surface area contributed by atoms with Crippen LogP contribution in [-0.2, 0) is 9.47 Å². The van der Waals surface area contributed by atoms with Gasteiger partial charge in [0, 0.05) is 11.1 Å². The fourth-order valence-electron chi connectivity index (χ4n) is 3.32. The SMILES string of the molecule is COc1ccc(C(=O)Nc2nc3c(OC)ccc(C4COCCO4)c3s2)c(C)c1. The van der Waals surface area contributed by atoms with E-state index >= 15 is 0 Å². The van der Waals surface area contributed by atoms with Gasteiger partial charge in [0.1, 0.15) is 23.1 Å². The third-order valence-electron chi connectivity index (χ3n) is 4.82. The van der Waals surface area contributed by atoms with Crippen LogP contribution in [0.2, 0.25) is 0 Å². The first-order valence-electron chi connectivity index (χ1n) is 9.23. The molecule has 0 saturated carbocycles. The van der Waals surface area contributed by atoms with Crippen LogP contribution in [-0.4, -0.2) is 44.9 Å². The van der Waals surface area contributed by atoms with Crippen LogP contribution in [0.5, 0.6) is 11.5 Å². The van der Waals surface area contributed by atoms with Crippen molar-refractivity contribution < 1.29 is 23.7 Å². The monoisotopic (exact) mass is 414 g/mol. The Morgan fingerprint density at radius 3 is 2.76 bits per heavy atom. The van der Waals surface area contributed by atoms with Crippen LogP contribution in [0.25, 0.3) is 10.2 Å². The maximum Gasteiger partial charge on any atom is 0.257 e. The molecule has 1 N–H and O–H groups in total. The molecular formula is C21H22N2O5S. The molecule has 3 aromatic rings. The van der Waals surface area contributed by atoms with Gasteiger partial charge in [-0.25, -0.2) is 4.98 Å². The van der Waals surface area contributed by atoms with Gasteiger partial charge in [-0.15, -0.1) is 0 Å². The number of anilines is 1. The Balaban J connectivity index is 1.66. The Morgan fingerprint density at radius 1 is 1.21 bits per heavy atom. The lowest BCUT2D eigenvalue weighted by molar-refractivity contribution is -0.0895. The zero-order valence-corrected chi connectivity index (χ0v) is 17.3. The van der Waals surface area contributed by atoms with Crippen molar-refractivity contribution >= 4 is 32.6 Å². The predicted octanol–water partition coefficient (Wildman–Crippen LogP) is 3.96. The first kappa shape index (κ1) is 19.6. The molecule has 1 amide bonds. The van der Waals surface area contributed by atoms with Gasteiger partial charge in [0.25, 0.3) is 5.91 Å². The average Bonchev–Trinajstić information content (AvgIpc) is 3.16. The molecule has 1 atom stereocenters. The van der Waals surface area contributed by atoms with Crippen LogP contribution in [0.1, 0.15) is 27.6 Å². The van der Waals surface area contributed by atoms with E-state index in [-0.39, 0.29) is 12.0 Å². The highest BCUT2D eigenvalue weighted by molar-refractivity contribution is 7.22. The number of hydrogen-bond donors (Lipinski definition) is 1. The Morgan fingerprint density at radius 2 is 2.07 bits per heavy atom. The summed E-state index contributed by atoms with van der Waals surface area (Å²) in [5.74, 6) is 1.14. The molecule has 1 aromatic heterocycles. The number of rotatable bonds is 5. The summed E-state index contributed by atoms with van der Waals surface area (Å²) in [6.07, 6.45) is -0.162. The minimum absolute atomic E-state index is 0.162. The van der Waals surface area contributed by atoms with Gasteiger partial charge in [0.05, 0.1) is 38.7 Å². The Hall–Kier alpha value is -2.68. The molecule has 8 heteroatoms. The number of aromatic nitrogens is 1. The molecule has 152 valence electrons. The fourth-order valence-corrected chi connectivity index (χ4v) is 4.36. The number of amides is 1. The summed E-state index contributed by atoms with van der Waals surface area (Å²) >= 11 is 1.40. The van der Waals surface area contributed by atoms with Crippen molar-refractivity contribution in [3.05, 3.63) is 47.0 Å². The standard InChI is InChI=1S/C21H22N2O5S/c1-12-10-13(25-2)4-5-14(12)20(24)23-21-22-18-16(26-3)7-6-15(19(18)29-21)17-11-27-8-9-28-17/h4-7,10,17H,8-9,11H2,1-3H3,(H,22,23,24). The van der Waals surface area contributed by atoms with Gasteiger partial charge in [-0.1, -0.05) is 17.4 Å². The molecule has 2 heterocycles. The van der Waals surface area contributed by atoms with E-state index in [0.29, 0.717) is 47.5 Å². The van der Waals surface area contributed by atoms with E-state index in [0.717, 1.165) is 15.8 Å². The van der Waals surface area contributed by atoms with Gasteiger partial charge in [-0.3, -0.25) is 10.1 Å². The molecule has 0 aliphatic carbocycles. The summed E-state index contributed by atoms with van der Waals surface area (Å²) in [4.78, 5) is 17.4. The van der Waals surface area contributed by atoms with Gasteiger partial charge in [0.2, 0.25) is 0 Å². The number of methoxy groups -OCH3 is 2. The van der Waals surface area contributed by atoms with Crippen LogP contribution in [0, 0.1) is 6.92 Å². The lowest BCUT2D eigenvalue weighted by Gasteiger charge is -2.23. The first-order chi connectivity index (χ1) is 14.1. The highest BCUT2D eigenvalue weighted by Gasteiger charge is 2.23. The molecule has 1 fully saturated rings. The Labute approximate surface area is 172 Å². The van der Waals surface area contributed by atoms with E-state index in [9.17, 15) is 4.79 Å². The van der Waals surface area contributed by atoms with Gasteiger partial charge in [-0.2, -0.15) is 0 Å². The van der Waals surface area contributed by atoms with Crippen LogP contribution in [0.3, 0.4) is 0 Å². The summed E-state index contributed by atoms with van der Waals surface area (Å²) in [5, 5.41) is 3.41. The van der Waals surface area contributed by atoms with Crippen LogP contribution < -0.4 is 14.8 Å². The van der Waals surface area contributed by atoms with Crippen molar-refractivity contribution in [2.45, 2.75) is 13.0 Å². The molecular weight excluding hydrogens is 392 g/mol. The average molecular weight is 414 g/mol. The number of fused-ring (bicyclic) bond motifs is 1. The van der Waals surface area contributed by atoms with E-state index in [1.54, 1.807) is 26.4 Å². The normalized spacial score (nSPS) is 16.6. The van der Waals surface area contributed by atoms with Crippen molar-refractivity contribution in [3.8, 4) is 11.5 Å². The predicted molar refractivity (Wildman–Crippen MR) is 111 cm³/mol. The lowest BCUT2D eigenvalue weighted by atomic mass is 10.1. The second-order valence-electron chi connectivity index (χ2n) is 6.62. The minimum Gasteiger partial charge on any atom is -0.497 e. The zero-order valence-electron chi connectivity index (χ0n) is 16.5. The number of carbonyl (C=O) groups excluding carboxylic acids is 1. The number of carbonyl (C=O) groups is 1. The zero-order chi connectivity index (χ0) is 20.4. The lowest BCUT2D eigenvalue weighted by Crippen LogP contribution is -2.21. The molecule has 1 unspecified atom stereocenters. The summed E-state index contributed by atoms with van der Waals surface area (Å²) in [5.41, 5.74) is 3.08. The second kappa shape index (κ2) is 8.36. The fraction of sp³-hybridized carbons (Fsp3) is 0.333. The van der Waals surface area contributed by atoms with Crippen molar-refractivity contribution in [1.82, 2.24) is 4.98 Å². The highest BCUT2D eigenvalue weighted by Crippen LogP contribution is 2.39. The first-order valence-corrected chi connectivity index (χ1v) is 10.0. The number of aryl methyl sites for hydroxylation is 1. The van der Waals surface area contributed by atoms with Gasteiger partial charge < -0.3 is 18.9 Å². The van der Waals surface area contributed by atoms with E-state index in [1.807, 2.05) is 25.1 Å². The summed E-state index contributed by atoms with van der Waals surface area (Å²) < 4.78 is 23.0. The van der Waals surface area contributed by atoms with Crippen molar-refractivity contribution in [2.24, 2.45) is 0 Å². The largest absolute Gasteiger partial charge is 0.497 e. The van der Waals surface area contributed by atoms with Crippen LogP contribution in [0.15, 0.2) is 30.3 Å². The van der Waals surface area contributed by atoms with E-state index in [2.05, 4.69) is 10.3 Å². The maximum atomic E-state index is 12.8. The summed E-state index contributed by atoms with van der Waals surface area (Å²) in [6.45, 7) is 3.52. The van der Waals surface area contributed by atoms with E-state index in [1.165, 1.54) is 11.3 Å².